The fourth-order valence-corrected chi connectivity index (χ4v) is 2.25. The average Bonchev–Trinajstić information content (AvgIpc) is 2.72. The molecule has 0 radical (unpaired) electrons. The third-order valence-electron chi connectivity index (χ3n) is 3.54. The predicted octanol–water partition coefficient (Wildman–Crippen LogP) is 1.83. The number of nitrogens with two attached hydrogens (primary N) is 2. The second-order valence-electron chi connectivity index (χ2n) is 5.66. The van der Waals surface area contributed by atoms with Crippen LogP contribution in [0.25, 0.3) is 0 Å². The number of ether oxygens (including phenoxy) is 3. The lowest BCUT2D eigenvalue weighted by Crippen LogP contribution is -2.20. The van der Waals surface area contributed by atoms with Crippen molar-refractivity contribution in [1.82, 2.24) is 0 Å². The van der Waals surface area contributed by atoms with E-state index in [1.807, 2.05) is 13.8 Å². The monoisotopic (exact) mass is 401 g/mol. The maximum absolute atomic E-state index is 12.3. The van der Waals surface area contributed by atoms with Crippen molar-refractivity contribution in [2.75, 3.05) is 19.8 Å². The molecule has 0 aromatic heterocycles. The summed E-state index contributed by atoms with van der Waals surface area (Å²) < 4.78 is 16.1. The van der Waals surface area contributed by atoms with Crippen molar-refractivity contribution in [2.45, 2.75) is 13.8 Å². The Morgan fingerprint density at radius 3 is 2.10 bits per heavy atom. The number of carbonyl (C=O) groups is 2. The van der Waals surface area contributed by atoms with Crippen LogP contribution < -0.4 is 25.7 Å². The summed E-state index contributed by atoms with van der Waals surface area (Å²) in [5, 5.41) is 3.67. The first-order valence-electron chi connectivity index (χ1n) is 8.90. The highest BCUT2D eigenvalue weighted by Crippen LogP contribution is 2.28. The molecule has 2 aromatic carbocycles. The highest BCUT2D eigenvalue weighted by Gasteiger charge is 2.13. The van der Waals surface area contributed by atoms with Gasteiger partial charge in [0.1, 0.15) is 5.75 Å². The summed E-state index contributed by atoms with van der Waals surface area (Å²) in [6.45, 7) is 4.34. The third-order valence-corrected chi connectivity index (χ3v) is 3.54. The van der Waals surface area contributed by atoms with Crippen LogP contribution in [0.15, 0.2) is 47.6 Å². The number of primary amides is 1. The summed E-state index contributed by atoms with van der Waals surface area (Å²) in [5.41, 5.74) is 11.6. The first kappa shape index (κ1) is 21.5. The summed E-state index contributed by atoms with van der Waals surface area (Å²) in [7, 11) is 0. The molecule has 0 fully saturated rings. The van der Waals surface area contributed by atoms with E-state index < -0.39 is 11.9 Å². The van der Waals surface area contributed by atoms with Gasteiger partial charge in [0.05, 0.1) is 18.8 Å². The first-order chi connectivity index (χ1) is 13.9. The molecule has 0 aliphatic rings. The molecule has 154 valence electrons. The zero-order valence-corrected chi connectivity index (χ0v) is 16.2. The van der Waals surface area contributed by atoms with Gasteiger partial charge in [-0.1, -0.05) is 5.16 Å². The number of hydrogen-bond acceptors (Lipinski definition) is 7. The van der Waals surface area contributed by atoms with Crippen molar-refractivity contribution >= 4 is 17.7 Å². The Bertz CT molecular complexity index is 880. The van der Waals surface area contributed by atoms with E-state index in [1.165, 1.54) is 6.07 Å². The van der Waals surface area contributed by atoms with Crippen molar-refractivity contribution < 1.29 is 28.6 Å². The van der Waals surface area contributed by atoms with Crippen molar-refractivity contribution in [2.24, 2.45) is 16.6 Å². The van der Waals surface area contributed by atoms with Gasteiger partial charge in [-0.3, -0.25) is 4.79 Å². The number of benzene rings is 2. The van der Waals surface area contributed by atoms with E-state index in [9.17, 15) is 9.59 Å². The molecule has 0 heterocycles. The van der Waals surface area contributed by atoms with Gasteiger partial charge in [0.2, 0.25) is 0 Å². The number of amidine groups is 1. The Morgan fingerprint density at radius 2 is 1.48 bits per heavy atom. The molecule has 0 aliphatic heterocycles. The van der Waals surface area contributed by atoms with Crippen molar-refractivity contribution in [3.63, 3.8) is 0 Å². The third kappa shape index (κ3) is 6.42. The van der Waals surface area contributed by atoms with E-state index in [2.05, 4.69) is 5.16 Å². The minimum Gasteiger partial charge on any atom is -0.490 e. The van der Waals surface area contributed by atoms with Gasteiger partial charge in [-0.05, 0) is 56.3 Å². The second kappa shape index (κ2) is 10.5. The van der Waals surface area contributed by atoms with Gasteiger partial charge in [-0.2, -0.15) is 0 Å². The van der Waals surface area contributed by atoms with E-state index in [0.29, 0.717) is 36.0 Å². The highest BCUT2D eigenvalue weighted by atomic mass is 16.7. The predicted molar refractivity (Wildman–Crippen MR) is 106 cm³/mol. The fraction of sp³-hybridized carbons (Fsp3) is 0.250. The summed E-state index contributed by atoms with van der Waals surface area (Å²) in [4.78, 5) is 27.9. The van der Waals surface area contributed by atoms with Crippen molar-refractivity contribution in [3.8, 4) is 17.2 Å². The van der Waals surface area contributed by atoms with E-state index in [1.54, 1.807) is 36.4 Å². The number of nitrogens with zero attached hydrogens (tertiary/aromatic N) is 1. The Balaban J connectivity index is 2.05. The maximum Gasteiger partial charge on any atom is 0.365 e. The summed E-state index contributed by atoms with van der Waals surface area (Å²) >= 11 is 0. The lowest BCUT2D eigenvalue weighted by Gasteiger charge is -2.11. The molecular formula is C20H23N3O6. The standard InChI is InChI=1S/C20H23N3O6/c1-3-26-16-10-7-14(11-17(16)27-4-2)20(25)29-23-19(22)13-5-8-15(9-6-13)28-12-18(21)24/h5-11H,3-4,12H2,1-2H3,(H2,21,24)(H2,22,23). The molecule has 0 spiro atoms. The molecule has 0 saturated carbocycles. The zero-order chi connectivity index (χ0) is 21.2. The minimum atomic E-state index is -0.696. The first-order valence-corrected chi connectivity index (χ1v) is 8.90. The van der Waals surface area contributed by atoms with Crippen LogP contribution in [-0.2, 0) is 9.63 Å². The van der Waals surface area contributed by atoms with Gasteiger partial charge >= 0.3 is 5.97 Å². The zero-order valence-electron chi connectivity index (χ0n) is 16.2. The Morgan fingerprint density at radius 1 is 0.862 bits per heavy atom. The summed E-state index contributed by atoms with van der Waals surface area (Å²) in [5.74, 6) is 0.132. The van der Waals surface area contributed by atoms with Crippen LogP contribution in [-0.4, -0.2) is 37.5 Å². The molecule has 2 aromatic rings. The molecule has 0 unspecified atom stereocenters. The smallest absolute Gasteiger partial charge is 0.365 e. The second-order valence-corrected chi connectivity index (χ2v) is 5.66. The SMILES string of the molecule is CCOc1ccc(C(=O)O/N=C(\N)c2ccc(OCC(N)=O)cc2)cc1OCC. The molecule has 2 rings (SSSR count). The molecule has 0 bridgehead atoms. The van der Waals surface area contributed by atoms with Gasteiger partial charge in [-0.15, -0.1) is 0 Å². The van der Waals surface area contributed by atoms with Gasteiger partial charge in [0, 0.05) is 5.56 Å². The Kier molecular flexibility index (Phi) is 7.84. The van der Waals surface area contributed by atoms with Crippen LogP contribution in [0.5, 0.6) is 17.2 Å². The number of amides is 1. The molecule has 9 heteroatoms. The summed E-state index contributed by atoms with van der Waals surface area (Å²) in [6, 6.07) is 11.1. The van der Waals surface area contributed by atoms with E-state index in [-0.39, 0.29) is 18.0 Å². The van der Waals surface area contributed by atoms with E-state index in [4.69, 9.17) is 30.5 Å². The topological polar surface area (TPSA) is 135 Å². The van der Waals surface area contributed by atoms with Crippen LogP contribution in [0.4, 0.5) is 0 Å². The van der Waals surface area contributed by atoms with Gasteiger partial charge in [-0.25, -0.2) is 4.79 Å². The molecule has 4 N–H and O–H groups in total. The fourth-order valence-electron chi connectivity index (χ4n) is 2.25. The van der Waals surface area contributed by atoms with Crippen LogP contribution in [0, 0.1) is 0 Å². The summed E-state index contributed by atoms with van der Waals surface area (Å²) in [6.07, 6.45) is 0. The molecule has 0 atom stereocenters. The molecule has 1 amide bonds. The molecule has 9 nitrogen and oxygen atoms in total. The van der Waals surface area contributed by atoms with Crippen molar-refractivity contribution in [1.29, 1.82) is 0 Å². The van der Waals surface area contributed by atoms with Crippen LogP contribution in [0.1, 0.15) is 29.8 Å². The quantitative estimate of drug-likeness (QED) is 0.268. The normalized spacial score (nSPS) is 10.9. The molecular weight excluding hydrogens is 378 g/mol. The lowest BCUT2D eigenvalue weighted by atomic mass is 10.2. The average molecular weight is 401 g/mol. The Labute approximate surface area is 168 Å². The van der Waals surface area contributed by atoms with Crippen molar-refractivity contribution in [3.05, 3.63) is 53.6 Å². The highest BCUT2D eigenvalue weighted by molar-refractivity contribution is 5.98. The van der Waals surface area contributed by atoms with Crippen LogP contribution in [0.3, 0.4) is 0 Å². The number of hydrogen-bond donors (Lipinski definition) is 2. The van der Waals surface area contributed by atoms with E-state index in [0.717, 1.165) is 0 Å². The Hall–Kier alpha value is -3.75. The molecule has 0 aliphatic carbocycles. The van der Waals surface area contributed by atoms with E-state index >= 15 is 0 Å². The van der Waals surface area contributed by atoms with Gasteiger partial charge in [0.15, 0.2) is 23.9 Å². The maximum atomic E-state index is 12.3. The lowest BCUT2D eigenvalue weighted by molar-refractivity contribution is -0.119. The van der Waals surface area contributed by atoms with Crippen LogP contribution >= 0.6 is 0 Å². The number of oxime groups is 1. The van der Waals surface area contributed by atoms with Gasteiger partial charge < -0.3 is 30.5 Å². The molecule has 0 saturated heterocycles. The molecule has 29 heavy (non-hydrogen) atoms. The number of carbonyl (C=O) groups excluding carboxylic acids is 2. The largest absolute Gasteiger partial charge is 0.490 e. The van der Waals surface area contributed by atoms with Crippen LogP contribution in [0.2, 0.25) is 0 Å². The number of rotatable bonds is 10. The minimum absolute atomic E-state index is 0.00392. The van der Waals surface area contributed by atoms with Gasteiger partial charge in [0.25, 0.3) is 5.91 Å².